The molecule has 0 saturated carbocycles. The van der Waals surface area contributed by atoms with E-state index in [0.29, 0.717) is 25.5 Å². The molecule has 6 nitrogen and oxygen atoms in total. The number of benzene rings is 1. The number of furan rings is 1. The van der Waals surface area contributed by atoms with Crippen molar-refractivity contribution in [3.05, 3.63) is 60.1 Å². The fraction of sp³-hybridized carbons (Fsp3) is 0.350. The van der Waals surface area contributed by atoms with Crippen LogP contribution < -0.4 is 10.1 Å². The summed E-state index contributed by atoms with van der Waals surface area (Å²) in [7, 11) is 1.65. The third-order valence-corrected chi connectivity index (χ3v) is 4.40. The van der Waals surface area contributed by atoms with Crippen molar-refractivity contribution in [3.8, 4) is 5.75 Å². The maximum Gasteiger partial charge on any atom is 0.244 e. The van der Waals surface area contributed by atoms with Crippen molar-refractivity contribution in [3.63, 3.8) is 0 Å². The number of amides is 1. The van der Waals surface area contributed by atoms with Crippen LogP contribution in [-0.2, 0) is 9.53 Å². The molecule has 0 spiro atoms. The lowest BCUT2D eigenvalue weighted by Gasteiger charge is -2.34. The number of hydrogen-bond donors (Lipinski definition) is 1. The standard InChI is InChI=1S/C20H24N2O4/c1-24-17-6-4-16(5-7-17)19(22-10-13-25-14-11-22)15-21-20(23)9-8-18-3-2-12-26-18/h2-9,12,19H,10-11,13-15H2,1H3,(H,21,23)/b9-8+. The van der Waals surface area contributed by atoms with Crippen molar-refractivity contribution in [2.75, 3.05) is 40.0 Å². The van der Waals surface area contributed by atoms with Gasteiger partial charge in [0.05, 0.1) is 32.6 Å². The molecule has 1 fully saturated rings. The van der Waals surface area contributed by atoms with Gasteiger partial charge in [0.2, 0.25) is 5.91 Å². The molecular formula is C20H24N2O4. The Hall–Kier alpha value is -2.57. The van der Waals surface area contributed by atoms with Crippen LogP contribution in [0, 0.1) is 0 Å². The molecule has 1 aromatic carbocycles. The molecule has 1 aliphatic heterocycles. The number of morpholine rings is 1. The quantitative estimate of drug-likeness (QED) is 0.772. The van der Waals surface area contributed by atoms with Gasteiger partial charge in [-0.2, -0.15) is 0 Å². The van der Waals surface area contributed by atoms with Crippen LogP contribution in [0.1, 0.15) is 17.4 Å². The highest BCUT2D eigenvalue weighted by Gasteiger charge is 2.23. The van der Waals surface area contributed by atoms with E-state index in [1.807, 2.05) is 24.3 Å². The molecule has 1 atom stereocenters. The van der Waals surface area contributed by atoms with Crippen molar-refractivity contribution < 1.29 is 18.7 Å². The van der Waals surface area contributed by atoms with Gasteiger partial charge in [0.15, 0.2) is 0 Å². The molecule has 6 heteroatoms. The van der Waals surface area contributed by atoms with E-state index in [1.165, 1.54) is 6.08 Å². The Balaban J connectivity index is 1.65. The molecule has 1 aliphatic rings. The smallest absolute Gasteiger partial charge is 0.244 e. The van der Waals surface area contributed by atoms with E-state index >= 15 is 0 Å². The van der Waals surface area contributed by atoms with Crippen LogP contribution in [0.4, 0.5) is 0 Å². The predicted octanol–water partition coefficient (Wildman–Crippen LogP) is 2.49. The number of methoxy groups -OCH3 is 1. The van der Waals surface area contributed by atoms with Crippen LogP contribution in [0.2, 0.25) is 0 Å². The molecule has 0 aliphatic carbocycles. The number of ether oxygens (including phenoxy) is 2. The minimum atomic E-state index is -0.145. The van der Waals surface area contributed by atoms with Gasteiger partial charge < -0.3 is 19.2 Å². The number of carbonyl (C=O) groups is 1. The number of carbonyl (C=O) groups excluding carboxylic acids is 1. The lowest BCUT2D eigenvalue weighted by atomic mass is 10.0. The van der Waals surface area contributed by atoms with Crippen LogP contribution in [0.15, 0.2) is 53.2 Å². The van der Waals surface area contributed by atoms with Crippen molar-refractivity contribution in [2.24, 2.45) is 0 Å². The Kier molecular flexibility index (Phi) is 6.46. The third kappa shape index (κ3) is 4.97. The van der Waals surface area contributed by atoms with E-state index in [9.17, 15) is 4.79 Å². The van der Waals surface area contributed by atoms with E-state index in [4.69, 9.17) is 13.9 Å². The normalized spacial score (nSPS) is 16.5. The lowest BCUT2D eigenvalue weighted by Crippen LogP contribution is -2.43. The van der Waals surface area contributed by atoms with Gasteiger partial charge in [0, 0.05) is 25.7 Å². The van der Waals surface area contributed by atoms with E-state index in [-0.39, 0.29) is 11.9 Å². The summed E-state index contributed by atoms with van der Waals surface area (Å²) in [5.74, 6) is 1.33. The molecule has 138 valence electrons. The molecule has 1 amide bonds. The molecule has 0 radical (unpaired) electrons. The Labute approximate surface area is 153 Å². The van der Waals surface area contributed by atoms with E-state index in [2.05, 4.69) is 10.2 Å². The lowest BCUT2D eigenvalue weighted by molar-refractivity contribution is -0.116. The minimum Gasteiger partial charge on any atom is -0.497 e. The molecular weight excluding hydrogens is 332 g/mol. The van der Waals surface area contributed by atoms with E-state index in [0.717, 1.165) is 24.4 Å². The zero-order valence-corrected chi connectivity index (χ0v) is 14.9. The first-order valence-electron chi connectivity index (χ1n) is 8.71. The molecule has 0 bridgehead atoms. The van der Waals surface area contributed by atoms with Gasteiger partial charge in [-0.3, -0.25) is 9.69 Å². The van der Waals surface area contributed by atoms with Crippen LogP contribution in [0.25, 0.3) is 6.08 Å². The molecule has 26 heavy (non-hydrogen) atoms. The Morgan fingerprint density at radius 1 is 1.27 bits per heavy atom. The molecule has 1 unspecified atom stereocenters. The highest BCUT2D eigenvalue weighted by atomic mass is 16.5. The van der Waals surface area contributed by atoms with Gasteiger partial charge in [-0.25, -0.2) is 0 Å². The van der Waals surface area contributed by atoms with Gasteiger partial charge in [-0.1, -0.05) is 12.1 Å². The highest BCUT2D eigenvalue weighted by Crippen LogP contribution is 2.23. The van der Waals surface area contributed by atoms with E-state index < -0.39 is 0 Å². The van der Waals surface area contributed by atoms with Crippen molar-refractivity contribution in [1.29, 1.82) is 0 Å². The average Bonchev–Trinajstić information content (AvgIpc) is 3.21. The van der Waals surface area contributed by atoms with Gasteiger partial charge in [-0.05, 0) is 35.9 Å². The Morgan fingerprint density at radius 3 is 2.69 bits per heavy atom. The summed E-state index contributed by atoms with van der Waals surface area (Å²) >= 11 is 0. The third-order valence-electron chi connectivity index (χ3n) is 4.40. The number of rotatable bonds is 7. The molecule has 1 N–H and O–H groups in total. The number of nitrogens with zero attached hydrogens (tertiary/aromatic N) is 1. The number of hydrogen-bond acceptors (Lipinski definition) is 5. The van der Waals surface area contributed by atoms with Gasteiger partial charge >= 0.3 is 0 Å². The maximum atomic E-state index is 12.2. The zero-order valence-electron chi connectivity index (χ0n) is 14.9. The summed E-state index contributed by atoms with van der Waals surface area (Å²) in [6, 6.07) is 11.7. The first-order valence-corrected chi connectivity index (χ1v) is 8.71. The summed E-state index contributed by atoms with van der Waals surface area (Å²) in [6.45, 7) is 3.62. The summed E-state index contributed by atoms with van der Waals surface area (Å²) in [5.41, 5.74) is 1.14. The maximum absolute atomic E-state index is 12.2. The summed E-state index contributed by atoms with van der Waals surface area (Å²) in [6.07, 6.45) is 4.73. The zero-order chi connectivity index (χ0) is 18.2. The van der Waals surface area contributed by atoms with Crippen molar-refractivity contribution in [1.82, 2.24) is 10.2 Å². The first-order chi connectivity index (χ1) is 12.8. The molecule has 1 saturated heterocycles. The number of nitrogens with one attached hydrogen (secondary N) is 1. The first kappa shape index (κ1) is 18.2. The summed E-state index contributed by atoms with van der Waals surface area (Å²) < 4.78 is 15.9. The monoisotopic (exact) mass is 356 g/mol. The second-order valence-corrected chi connectivity index (χ2v) is 6.03. The highest BCUT2D eigenvalue weighted by molar-refractivity contribution is 5.91. The second kappa shape index (κ2) is 9.22. The molecule has 1 aromatic heterocycles. The SMILES string of the molecule is COc1ccc(C(CNC(=O)/C=C/c2ccco2)N2CCOCC2)cc1. The van der Waals surface area contributed by atoms with E-state index in [1.54, 1.807) is 31.6 Å². The minimum absolute atomic E-state index is 0.0887. The van der Waals surface area contributed by atoms with Crippen LogP contribution in [-0.4, -0.2) is 50.8 Å². The van der Waals surface area contributed by atoms with Crippen LogP contribution >= 0.6 is 0 Å². The fourth-order valence-electron chi connectivity index (χ4n) is 2.97. The van der Waals surface area contributed by atoms with Gasteiger partial charge in [0.25, 0.3) is 0 Å². The Morgan fingerprint density at radius 2 is 2.04 bits per heavy atom. The second-order valence-electron chi connectivity index (χ2n) is 6.03. The van der Waals surface area contributed by atoms with Crippen molar-refractivity contribution in [2.45, 2.75) is 6.04 Å². The van der Waals surface area contributed by atoms with Gasteiger partial charge in [-0.15, -0.1) is 0 Å². The topological polar surface area (TPSA) is 63.9 Å². The summed E-state index contributed by atoms with van der Waals surface area (Å²) in [5, 5.41) is 2.99. The van der Waals surface area contributed by atoms with Crippen molar-refractivity contribution >= 4 is 12.0 Å². The van der Waals surface area contributed by atoms with Crippen LogP contribution in [0.5, 0.6) is 5.75 Å². The molecule has 2 heterocycles. The fourth-order valence-corrected chi connectivity index (χ4v) is 2.97. The molecule has 3 rings (SSSR count). The van der Waals surface area contributed by atoms with Gasteiger partial charge in [0.1, 0.15) is 11.5 Å². The average molecular weight is 356 g/mol. The van der Waals surface area contributed by atoms with Crippen LogP contribution in [0.3, 0.4) is 0 Å². The Bertz CT molecular complexity index is 704. The largest absolute Gasteiger partial charge is 0.497 e. The summed E-state index contributed by atoms with van der Waals surface area (Å²) in [4.78, 5) is 14.5. The molecule has 2 aromatic rings. The predicted molar refractivity (Wildman–Crippen MR) is 98.9 cm³/mol.